The van der Waals surface area contributed by atoms with Gasteiger partial charge in [-0.1, -0.05) is 70.2 Å². The zero-order chi connectivity index (χ0) is 29.9. The van der Waals surface area contributed by atoms with Crippen LogP contribution in [0.2, 0.25) is 0 Å². The number of rotatable bonds is 15. The Morgan fingerprint density at radius 1 is 1.02 bits per heavy atom. The number of methoxy groups -OCH3 is 1. The molecule has 1 fully saturated rings. The number of carbonyl (C=O) groups is 3. The first kappa shape index (κ1) is 35.5. The van der Waals surface area contributed by atoms with Gasteiger partial charge in [0.1, 0.15) is 12.1 Å². The Kier molecular flexibility index (Phi) is 14.7. The third-order valence-corrected chi connectivity index (χ3v) is 7.82. The lowest BCUT2D eigenvalue weighted by atomic mass is 9.84. The number of fused-ring (bicyclic) bond motifs is 1. The van der Waals surface area contributed by atoms with Crippen LogP contribution >= 0.6 is 12.4 Å². The predicted octanol–water partition coefficient (Wildman–Crippen LogP) is 2.92. The van der Waals surface area contributed by atoms with Crippen LogP contribution in [0.4, 0.5) is 0 Å². The number of nitrogens with one attached hydrogen (secondary N) is 3. The fourth-order valence-electron chi connectivity index (χ4n) is 5.77. The second kappa shape index (κ2) is 17.4. The van der Waals surface area contributed by atoms with Crippen molar-refractivity contribution < 1.29 is 24.2 Å². The zero-order valence-electron chi connectivity index (χ0n) is 25.6. The molecule has 234 valence electrons. The van der Waals surface area contributed by atoms with Crippen molar-refractivity contribution in [2.75, 3.05) is 39.9 Å². The molecule has 1 aliphatic heterocycles. The average Bonchev–Trinajstić information content (AvgIpc) is 3.43. The maximum atomic E-state index is 13.6. The molecule has 3 atom stereocenters. The summed E-state index contributed by atoms with van der Waals surface area (Å²) in [5, 5.41) is 21.3. The van der Waals surface area contributed by atoms with Crippen molar-refractivity contribution in [3.05, 3.63) is 48.0 Å². The van der Waals surface area contributed by atoms with E-state index >= 15 is 0 Å². The number of aliphatic hydroxyl groups is 1. The van der Waals surface area contributed by atoms with Gasteiger partial charge in [0.05, 0.1) is 12.7 Å². The lowest BCUT2D eigenvalue weighted by molar-refractivity contribution is -0.144. The number of halogens is 1. The second-order valence-corrected chi connectivity index (χ2v) is 11.7. The number of benzene rings is 2. The molecule has 0 aliphatic carbocycles. The highest BCUT2D eigenvalue weighted by molar-refractivity contribution is 5.93. The summed E-state index contributed by atoms with van der Waals surface area (Å²) >= 11 is 0. The van der Waals surface area contributed by atoms with Gasteiger partial charge in [0.25, 0.3) is 0 Å². The molecule has 0 radical (unpaired) electrons. The number of carbonyl (C=O) groups excluding carboxylic acids is 3. The minimum atomic E-state index is -0.860. The number of hydrogen-bond donors (Lipinski definition) is 4. The summed E-state index contributed by atoms with van der Waals surface area (Å²) in [5.41, 5.74) is 0.907. The zero-order valence-corrected chi connectivity index (χ0v) is 26.4. The molecule has 0 bridgehead atoms. The molecule has 2 aromatic carbocycles. The molecule has 3 rings (SSSR count). The molecule has 0 spiro atoms. The first-order chi connectivity index (χ1) is 19.6. The van der Waals surface area contributed by atoms with E-state index in [0.717, 1.165) is 22.8 Å². The van der Waals surface area contributed by atoms with Crippen LogP contribution in [0.1, 0.15) is 46.1 Å². The van der Waals surface area contributed by atoms with Crippen LogP contribution in [-0.4, -0.2) is 85.8 Å². The van der Waals surface area contributed by atoms with E-state index in [1.165, 1.54) is 0 Å². The third kappa shape index (κ3) is 9.93. The SMILES string of the molecule is COCCNC[C@H](O)CNC(=O)[C@@H](Cc1ccc2ccccc2c1)NC(=O)C1CCCN1C(=O)C(C(C)C)C(C)C.Cl. The van der Waals surface area contributed by atoms with E-state index in [2.05, 4.69) is 16.0 Å². The number of nitrogens with zero attached hydrogens (tertiary/aromatic N) is 1. The summed E-state index contributed by atoms with van der Waals surface area (Å²) in [6.07, 6.45) is 0.804. The first-order valence-electron chi connectivity index (χ1n) is 14.9. The number of ether oxygens (including phenoxy) is 1. The second-order valence-electron chi connectivity index (χ2n) is 11.7. The van der Waals surface area contributed by atoms with Crippen molar-refractivity contribution in [1.82, 2.24) is 20.9 Å². The topological polar surface area (TPSA) is 120 Å². The molecule has 10 heteroatoms. The Labute approximate surface area is 256 Å². The first-order valence-corrected chi connectivity index (χ1v) is 14.9. The fraction of sp³-hybridized carbons (Fsp3) is 0.594. The highest BCUT2D eigenvalue weighted by Gasteiger charge is 2.40. The van der Waals surface area contributed by atoms with Gasteiger partial charge < -0.3 is 30.7 Å². The van der Waals surface area contributed by atoms with Gasteiger partial charge in [-0.15, -0.1) is 12.4 Å². The van der Waals surface area contributed by atoms with Gasteiger partial charge >= 0.3 is 0 Å². The summed E-state index contributed by atoms with van der Waals surface area (Å²) in [5.74, 6) is -0.529. The molecule has 4 N–H and O–H groups in total. The normalized spacial score (nSPS) is 16.5. The van der Waals surface area contributed by atoms with Gasteiger partial charge in [0.2, 0.25) is 17.7 Å². The fourth-order valence-corrected chi connectivity index (χ4v) is 5.77. The molecule has 3 amide bonds. The molecule has 1 aliphatic rings. The molecule has 0 aromatic heterocycles. The standard InChI is InChI=1S/C32H48N4O5.ClH/c1-21(2)29(22(3)4)32(40)36-15-8-11-28(36)31(39)35-27(30(38)34-20-26(37)19-33-14-16-41-5)18-23-12-13-24-9-6-7-10-25(24)17-23;/h6-7,9-10,12-13,17,21-22,26-29,33,37H,8,11,14-16,18-20H2,1-5H3,(H,34,38)(H,35,39);1H/t26-,27+,28?;/m0./s1. The van der Waals surface area contributed by atoms with Crippen molar-refractivity contribution in [3.8, 4) is 0 Å². The molecular formula is C32H49ClN4O5. The largest absolute Gasteiger partial charge is 0.390 e. The molecule has 0 saturated carbocycles. The van der Waals surface area contributed by atoms with Crippen molar-refractivity contribution in [3.63, 3.8) is 0 Å². The molecule has 42 heavy (non-hydrogen) atoms. The van der Waals surface area contributed by atoms with Crippen molar-refractivity contribution >= 4 is 40.9 Å². The maximum absolute atomic E-state index is 13.6. The molecule has 9 nitrogen and oxygen atoms in total. The van der Waals surface area contributed by atoms with Gasteiger partial charge in [0.15, 0.2) is 0 Å². The number of amides is 3. The van der Waals surface area contributed by atoms with Gasteiger partial charge in [-0.25, -0.2) is 0 Å². The number of aliphatic hydroxyl groups excluding tert-OH is 1. The van der Waals surface area contributed by atoms with Crippen LogP contribution < -0.4 is 16.0 Å². The van der Waals surface area contributed by atoms with Crippen LogP contribution in [-0.2, 0) is 25.5 Å². The van der Waals surface area contributed by atoms with Crippen molar-refractivity contribution in [2.45, 2.75) is 65.1 Å². The van der Waals surface area contributed by atoms with Crippen molar-refractivity contribution in [1.29, 1.82) is 0 Å². The number of hydrogen-bond acceptors (Lipinski definition) is 6. The van der Waals surface area contributed by atoms with Crippen molar-refractivity contribution in [2.24, 2.45) is 17.8 Å². The van der Waals surface area contributed by atoms with Gasteiger partial charge in [-0.2, -0.15) is 0 Å². The summed E-state index contributed by atoms with van der Waals surface area (Å²) in [7, 11) is 1.61. The number of likely N-dealkylation sites (tertiary alicyclic amines) is 1. The summed E-state index contributed by atoms with van der Waals surface area (Å²) in [6.45, 7) is 10.2. The quantitative estimate of drug-likeness (QED) is 0.232. The lowest BCUT2D eigenvalue weighted by Crippen LogP contribution is -2.55. The van der Waals surface area contributed by atoms with E-state index in [1.807, 2.05) is 70.2 Å². The van der Waals surface area contributed by atoms with Crippen LogP contribution in [0.3, 0.4) is 0 Å². The summed E-state index contributed by atoms with van der Waals surface area (Å²) in [6, 6.07) is 12.5. The van der Waals surface area contributed by atoms with Crippen LogP contribution in [0, 0.1) is 17.8 Å². The van der Waals surface area contributed by atoms with E-state index < -0.39 is 18.2 Å². The van der Waals surface area contributed by atoms with Gasteiger partial charge in [-0.05, 0) is 41.0 Å². The van der Waals surface area contributed by atoms with E-state index in [1.54, 1.807) is 12.0 Å². The van der Waals surface area contributed by atoms with Gasteiger partial charge in [-0.3, -0.25) is 14.4 Å². The summed E-state index contributed by atoms with van der Waals surface area (Å²) in [4.78, 5) is 42.2. The van der Waals surface area contributed by atoms with E-state index in [4.69, 9.17) is 4.74 Å². The Morgan fingerprint density at radius 2 is 1.71 bits per heavy atom. The van der Waals surface area contributed by atoms with E-state index in [9.17, 15) is 19.5 Å². The highest BCUT2D eigenvalue weighted by atomic mass is 35.5. The molecule has 2 aromatic rings. The van der Waals surface area contributed by atoms with Crippen LogP contribution in [0.25, 0.3) is 10.8 Å². The highest BCUT2D eigenvalue weighted by Crippen LogP contribution is 2.28. The summed E-state index contributed by atoms with van der Waals surface area (Å²) < 4.78 is 5.00. The Hall–Kier alpha value is -2.72. The van der Waals surface area contributed by atoms with Crippen LogP contribution in [0.15, 0.2) is 42.5 Å². The average molecular weight is 605 g/mol. The third-order valence-electron chi connectivity index (χ3n) is 7.82. The Balaban J connectivity index is 0.00000616. The molecular weight excluding hydrogens is 556 g/mol. The minimum Gasteiger partial charge on any atom is -0.390 e. The smallest absolute Gasteiger partial charge is 0.243 e. The monoisotopic (exact) mass is 604 g/mol. The predicted molar refractivity (Wildman–Crippen MR) is 168 cm³/mol. The molecule has 1 saturated heterocycles. The molecule has 1 unspecified atom stereocenters. The van der Waals surface area contributed by atoms with E-state index in [-0.39, 0.29) is 60.8 Å². The minimum absolute atomic E-state index is 0. The molecule has 1 heterocycles. The Bertz CT molecular complexity index is 1150. The Morgan fingerprint density at radius 3 is 2.38 bits per heavy atom. The van der Waals surface area contributed by atoms with E-state index in [0.29, 0.717) is 32.7 Å². The van der Waals surface area contributed by atoms with Crippen LogP contribution in [0.5, 0.6) is 0 Å². The van der Waals surface area contributed by atoms with Gasteiger partial charge in [0, 0.05) is 45.6 Å². The maximum Gasteiger partial charge on any atom is 0.243 e. The lowest BCUT2D eigenvalue weighted by Gasteiger charge is -2.32.